The van der Waals surface area contributed by atoms with Crippen LogP contribution in [0.1, 0.15) is 22.8 Å². The van der Waals surface area contributed by atoms with Crippen LogP contribution < -0.4 is 4.90 Å². The van der Waals surface area contributed by atoms with Crippen LogP contribution in [-0.2, 0) is 21.2 Å². The second-order valence-corrected chi connectivity index (χ2v) is 7.57. The minimum absolute atomic E-state index is 0.249. The van der Waals surface area contributed by atoms with E-state index in [1.165, 1.54) is 24.1 Å². The molecular weight excluding hydrogens is 383 g/mol. The fraction of sp³-hybridized carbons (Fsp3) is 0.278. The van der Waals surface area contributed by atoms with Gasteiger partial charge in [-0.3, -0.25) is 4.79 Å². The van der Waals surface area contributed by atoms with Gasteiger partial charge in [-0.1, -0.05) is 12.1 Å². The quantitative estimate of drug-likeness (QED) is 0.739. The standard InChI is InChI=1S/C18H18F3NO4S/c1-3-22(17(23)14-6-4-5-13(11-14)12-26-2)15-7-9-16(10-8-15)27(24,25)18(19,20)21/h4-11H,3,12H2,1-2H3. The average molecular weight is 401 g/mol. The molecule has 0 fully saturated rings. The normalized spacial score (nSPS) is 12.0. The number of hydrogen-bond donors (Lipinski definition) is 0. The van der Waals surface area contributed by atoms with Crippen molar-refractivity contribution in [3.8, 4) is 0 Å². The Morgan fingerprint density at radius 3 is 2.26 bits per heavy atom. The number of benzene rings is 2. The van der Waals surface area contributed by atoms with Crippen LogP contribution in [0.4, 0.5) is 18.9 Å². The fourth-order valence-electron chi connectivity index (χ4n) is 2.50. The Morgan fingerprint density at radius 1 is 1.11 bits per heavy atom. The summed E-state index contributed by atoms with van der Waals surface area (Å²) in [5, 5.41) is 0. The predicted molar refractivity (Wildman–Crippen MR) is 94.2 cm³/mol. The first-order valence-corrected chi connectivity index (χ1v) is 9.41. The summed E-state index contributed by atoms with van der Waals surface area (Å²) < 4.78 is 65.8. The zero-order valence-corrected chi connectivity index (χ0v) is 15.5. The maximum atomic E-state index is 12.8. The molecule has 9 heteroatoms. The van der Waals surface area contributed by atoms with Gasteiger partial charge in [0.25, 0.3) is 15.7 Å². The van der Waals surface area contributed by atoms with E-state index in [1.807, 2.05) is 0 Å². The van der Waals surface area contributed by atoms with E-state index in [1.54, 1.807) is 31.2 Å². The lowest BCUT2D eigenvalue weighted by molar-refractivity contribution is -0.0436. The number of methoxy groups -OCH3 is 1. The van der Waals surface area contributed by atoms with E-state index in [0.29, 0.717) is 17.9 Å². The largest absolute Gasteiger partial charge is 0.501 e. The fourth-order valence-corrected chi connectivity index (χ4v) is 3.26. The van der Waals surface area contributed by atoms with Gasteiger partial charge in [0.15, 0.2) is 0 Å². The van der Waals surface area contributed by atoms with Crippen molar-refractivity contribution < 1.29 is 31.1 Å². The van der Waals surface area contributed by atoms with Gasteiger partial charge in [0.1, 0.15) is 0 Å². The highest BCUT2D eigenvalue weighted by Gasteiger charge is 2.46. The lowest BCUT2D eigenvalue weighted by atomic mass is 10.1. The monoisotopic (exact) mass is 401 g/mol. The molecule has 0 spiro atoms. The molecule has 0 saturated heterocycles. The predicted octanol–water partition coefficient (Wildman–Crippen LogP) is 3.79. The van der Waals surface area contributed by atoms with Crippen LogP contribution >= 0.6 is 0 Å². The van der Waals surface area contributed by atoms with Gasteiger partial charge >= 0.3 is 5.51 Å². The van der Waals surface area contributed by atoms with Gasteiger partial charge in [0, 0.05) is 24.9 Å². The first-order chi connectivity index (χ1) is 12.6. The maximum absolute atomic E-state index is 12.8. The number of alkyl halides is 3. The van der Waals surface area contributed by atoms with Crippen molar-refractivity contribution in [3.05, 3.63) is 59.7 Å². The molecule has 0 N–H and O–H groups in total. The summed E-state index contributed by atoms with van der Waals surface area (Å²) in [7, 11) is -3.90. The molecule has 0 aliphatic carbocycles. The number of anilines is 1. The van der Waals surface area contributed by atoms with Gasteiger partial charge in [0.05, 0.1) is 11.5 Å². The first kappa shape index (κ1) is 20.9. The van der Waals surface area contributed by atoms with Crippen LogP contribution in [0.15, 0.2) is 53.4 Å². The Balaban J connectivity index is 2.33. The summed E-state index contributed by atoms with van der Waals surface area (Å²) in [6, 6.07) is 10.8. The van der Waals surface area contributed by atoms with Crippen LogP contribution in [-0.4, -0.2) is 33.5 Å². The third kappa shape index (κ3) is 4.48. The third-order valence-corrected chi connectivity index (χ3v) is 5.31. The van der Waals surface area contributed by atoms with Crippen LogP contribution in [0.25, 0.3) is 0 Å². The van der Waals surface area contributed by atoms with Crippen molar-refractivity contribution in [1.82, 2.24) is 0 Å². The number of ether oxygens (including phenoxy) is 1. The molecule has 0 bridgehead atoms. The van der Waals surface area contributed by atoms with Crippen molar-refractivity contribution in [2.75, 3.05) is 18.6 Å². The van der Waals surface area contributed by atoms with Gasteiger partial charge in [-0.25, -0.2) is 8.42 Å². The number of carbonyl (C=O) groups excluding carboxylic acids is 1. The van der Waals surface area contributed by atoms with Crippen molar-refractivity contribution in [2.45, 2.75) is 23.9 Å². The van der Waals surface area contributed by atoms with Crippen molar-refractivity contribution >= 4 is 21.4 Å². The van der Waals surface area contributed by atoms with E-state index in [9.17, 15) is 26.4 Å². The van der Waals surface area contributed by atoms with E-state index in [0.717, 1.165) is 17.7 Å². The van der Waals surface area contributed by atoms with Gasteiger partial charge in [-0.05, 0) is 48.9 Å². The van der Waals surface area contributed by atoms with Crippen LogP contribution in [0, 0.1) is 0 Å². The molecule has 0 unspecified atom stereocenters. The molecule has 0 aliphatic rings. The SMILES string of the molecule is CCN(C(=O)c1cccc(COC)c1)c1ccc(S(=O)(=O)C(F)(F)F)cc1. The topological polar surface area (TPSA) is 63.7 Å². The second kappa shape index (κ2) is 8.10. The van der Waals surface area contributed by atoms with E-state index >= 15 is 0 Å². The molecule has 2 aromatic carbocycles. The van der Waals surface area contributed by atoms with Gasteiger partial charge in [-0.2, -0.15) is 13.2 Å². The zero-order valence-electron chi connectivity index (χ0n) is 14.7. The molecule has 0 aromatic heterocycles. The molecule has 146 valence electrons. The summed E-state index contributed by atoms with van der Waals surface area (Å²) in [6.07, 6.45) is 0. The highest BCUT2D eigenvalue weighted by Crippen LogP contribution is 2.31. The van der Waals surface area contributed by atoms with Crippen LogP contribution in [0.2, 0.25) is 0 Å². The van der Waals surface area contributed by atoms with E-state index in [4.69, 9.17) is 4.74 Å². The highest BCUT2D eigenvalue weighted by molar-refractivity contribution is 7.92. The zero-order chi connectivity index (χ0) is 20.2. The Kier molecular flexibility index (Phi) is 6.27. The molecule has 0 heterocycles. The highest BCUT2D eigenvalue weighted by atomic mass is 32.2. The lowest BCUT2D eigenvalue weighted by Crippen LogP contribution is -2.30. The summed E-state index contributed by atoms with van der Waals surface area (Å²) in [4.78, 5) is 13.2. The number of rotatable bonds is 6. The molecule has 0 aliphatic heterocycles. The lowest BCUT2D eigenvalue weighted by Gasteiger charge is -2.22. The Hall–Kier alpha value is -2.39. The average Bonchev–Trinajstić information content (AvgIpc) is 2.62. The summed E-state index contributed by atoms with van der Waals surface area (Å²) >= 11 is 0. The smallest absolute Gasteiger partial charge is 0.380 e. The Labute approximate surface area is 155 Å². The van der Waals surface area contributed by atoms with Crippen molar-refractivity contribution in [2.24, 2.45) is 0 Å². The molecule has 2 aromatic rings. The van der Waals surface area contributed by atoms with Crippen LogP contribution in [0.5, 0.6) is 0 Å². The molecule has 5 nitrogen and oxygen atoms in total. The number of amides is 1. The number of hydrogen-bond acceptors (Lipinski definition) is 4. The summed E-state index contributed by atoms with van der Waals surface area (Å²) in [5.74, 6) is -0.359. The summed E-state index contributed by atoms with van der Waals surface area (Å²) in [6.45, 7) is 2.28. The van der Waals surface area contributed by atoms with Gasteiger partial charge < -0.3 is 9.64 Å². The van der Waals surface area contributed by atoms with Gasteiger partial charge in [-0.15, -0.1) is 0 Å². The first-order valence-electron chi connectivity index (χ1n) is 7.93. The third-order valence-electron chi connectivity index (χ3n) is 3.81. The number of nitrogens with zero attached hydrogens (tertiary/aromatic N) is 1. The van der Waals surface area contributed by atoms with E-state index < -0.39 is 20.2 Å². The molecule has 1 amide bonds. The van der Waals surface area contributed by atoms with Crippen molar-refractivity contribution in [1.29, 1.82) is 0 Å². The molecular formula is C18H18F3NO4S. The number of halogens is 3. The minimum Gasteiger partial charge on any atom is -0.380 e. The second-order valence-electron chi connectivity index (χ2n) is 5.63. The molecule has 2 rings (SSSR count). The van der Waals surface area contributed by atoms with Crippen molar-refractivity contribution in [3.63, 3.8) is 0 Å². The molecule has 0 radical (unpaired) electrons. The van der Waals surface area contributed by atoms with Crippen LogP contribution in [0.3, 0.4) is 0 Å². The number of sulfone groups is 1. The minimum atomic E-state index is -5.43. The Morgan fingerprint density at radius 2 is 1.74 bits per heavy atom. The van der Waals surface area contributed by atoms with E-state index in [-0.39, 0.29) is 12.5 Å². The molecule has 0 saturated carbocycles. The molecule has 0 atom stereocenters. The van der Waals surface area contributed by atoms with E-state index in [2.05, 4.69) is 0 Å². The maximum Gasteiger partial charge on any atom is 0.501 e. The molecule has 27 heavy (non-hydrogen) atoms. The number of carbonyl (C=O) groups is 1. The summed E-state index contributed by atoms with van der Waals surface area (Å²) in [5.41, 5.74) is -3.90. The van der Waals surface area contributed by atoms with Gasteiger partial charge in [0.2, 0.25) is 0 Å². The Bertz CT molecular complexity index is 909.